The van der Waals surface area contributed by atoms with Crippen molar-refractivity contribution < 1.29 is 4.74 Å². The van der Waals surface area contributed by atoms with Crippen LogP contribution in [-0.4, -0.2) is 11.6 Å². The van der Waals surface area contributed by atoms with Crippen molar-refractivity contribution in [1.82, 2.24) is 4.98 Å². The average Bonchev–Trinajstić information content (AvgIpc) is 2.47. The molecule has 0 radical (unpaired) electrons. The van der Waals surface area contributed by atoms with Gasteiger partial charge in [-0.1, -0.05) is 30.7 Å². The van der Waals surface area contributed by atoms with E-state index in [-0.39, 0.29) is 6.04 Å². The van der Waals surface area contributed by atoms with E-state index in [1.54, 1.807) is 12.4 Å². The molecule has 0 aliphatic rings. The fourth-order valence-electron chi connectivity index (χ4n) is 1.84. The SMILES string of the molecule is CCCOc1cncc(C(N)c2cccc(Br)c2Cl)c1. The number of hydrogen-bond acceptors (Lipinski definition) is 3. The summed E-state index contributed by atoms with van der Waals surface area (Å²) >= 11 is 9.69. The molecule has 1 aromatic heterocycles. The molecule has 1 aromatic carbocycles. The summed E-state index contributed by atoms with van der Waals surface area (Å²) in [6.45, 7) is 2.72. The first-order valence-corrected chi connectivity index (χ1v) is 7.57. The Bertz CT molecular complexity index is 592. The van der Waals surface area contributed by atoms with Gasteiger partial charge in [-0.2, -0.15) is 0 Å². The molecule has 20 heavy (non-hydrogen) atoms. The second kappa shape index (κ2) is 7.07. The molecule has 0 bridgehead atoms. The van der Waals surface area contributed by atoms with Crippen molar-refractivity contribution in [2.24, 2.45) is 5.73 Å². The second-order valence-corrected chi connectivity index (χ2v) is 5.66. The van der Waals surface area contributed by atoms with Crippen LogP contribution >= 0.6 is 27.5 Å². The molecule has 0 aliphatic heterocycles. The average molecular weight is 356 g/mol. The van der Waals surface area contributed by atoms with Crippen LogP contribution in [0, 0.1) is 0 Å². The largest absolute Gasteiger partial charge is 0.492 e. The molecule has 0 spiro atoms. The zero-order chi connectivity index (χ0) is 14.5. The van der Waals surface area contributed by atoms with Crippen molar-refractivity contribution in [3.63, 3.8) is 0 Å². The first-order valence-electron chi connectivity index (χ1n) is 6.40. The number of nitrogens with zero attached hydrogens (tertiary/aromatic N) is 1. The third-order valence-corrected chi connectivity index (χ3v) is 4.19. The summed E-state index contributed by atoms with van der Waals surface area (Å²) in [6.07, 6.45) is 4.38. The molecule has 2 aromatic rings. The minimum Gasteiger partial charge on any atom is -0.492 e. The number of ether oxygens (including phenoxy) is 1. The van der Waals surface area contributed by atoms with Crippen molar-refractivity contribution in [3.8, 4) is 5.75 Å². The van der Waals surface area contributed by atoms with Gasteiger partial charge in [-0.3, -0.25) is 4.98 Å². The van der Waals surface area contributed by atoms with Gasteiger partial charge in [0.25, 0.3) is 0 Å². The van der Waals surface area contributed by atoms with Crippen LogP contribution < -0.4 is 10.5 Å². The van der Waals surface area contributed by atoms with E-state index in [0.29, 0.717) is 11.6 Å². The van der Waals surface area contributed by atoms with E-state index < -0.39 is 0 Å². The zero-order valence-electron chi connectivity index (χ0n) is 11.1. The summed E-state index contributed by atoms with van der Waals surface area (Å²) in [4.78, 5) is 4.18. The van der Waals surface area contributed by atoms with E-state index in [1.807, 2.05) is 24.3 Å². The Morgan fingerprint density at radius 3 is 2.95 bits per heavy atom. The molecule has 106 valence electrons. The van der Waals surface area contributed by atoms with Gasteiger partial charge in [0.05, 0.1) is 23.9 Å². The molecule has 1 unspecified atom stereocenters. The first-order chi connectivity index (χ1) is 9.63. The third kappa shape index (κ3) is 3.51. The van der Waals surface area contributed by atoms with Gasteiger partial charge in [-0.15, -0.1) is 0 Å². The van der Waals surface area contributed by atoms with Gasteiger partial charge >= 0.3 is 0 Å². The Balaban J connectivity index is 2.28. The summed E-state index contributed by atoms with van der Waals surface area (Å²) in [5, 5.41) is 0.625. The Morgan fingerprint density at radius 1 is 1.40 bits per heavy atom. The highest BCUT2D eigenvalue weighted by Gasteiger charge is 2.15. The lowest BCUT2D eigenvalue weighted by molar-refractivity contribution is 0.315. The van der Waals surface area contributed by atoms with Crippen molar-refractivity contribution in [2.75, 3.05) is 6.61 Å². The Kier molecular flexibility index (Phi) is 5.40. The van der Waals surface area contributed by atoms with Gasteiger partial charge in [0.15, 0.2) is 0 Å². The molecule has 2 rings (SSSR count). The van der Waals surface area contributed by atoms with Crippen LogP contribution in [0.5, 0.6) is 5.75 Å². The Morgan fingerprint density at radius 2 is 2.20 bits per heavy atom. The summed E-state index contributed by atoms with van der Waals surface area (Å²) in [5.41, 5.74) is 8.01. The van der Waals surface area contributed by atoms with Crippen molar-refractivity contribution in [1.29, 1.82) is 0 Å². The molecule has 1 heterocycles. The van der Waals surface area contributed by atoms with E-state index in [9.17, 15) is 0 Å². The van der Waals surface area contributed by atoms with Gasteiger partial charge in [0.2, 0.25) is 0 Å². The summed E-state index contributed by atoms with van der Waals surface area (Å²) < 4.78 is 6.41. The standard InChI is InChI=1S/C15H16BrClN2O/c1-2-6-20-11-7-10(8-19-9-11)15(18)12-4-3-5-13(16)14(12)17/h3-5,7-9,15H,2,6,18H2,1H3. The molecule has 1 atom stereocenters. The fourth-order valence-corrected chi connectivity index (χ4v) is 2.47. The van der Waals surface area contributed by atoms with Gasteiger partial charge in [0.1, 0.15) is 5.75 Å². The molecule has 3 nitrogen and oxygen atoms in total. The number of nitrogens with two attached hydrogens (primary N) is 1. The molecule has 0 amide bonds. The Labute approximate surface area is 132 Å². The molecule has 2 N–H and O–H groups in total. The molecule has 0 saturated carbocycles. The number of aromatic nitrogens is 1. The second-order valence-electron chi connectivity index (χ2n) is 4.42. The lowest BCUT2D eigenvalue weighted by Crippen LogP contribution is -2.13. The quantitative estimate of drug-likeness (QED) is 0.868. The van der Waals surface area contributed by atoms with Crippen LogP contribution in [0.15, 0.2) is 41.1 Å². The maximum absolute atomic E-state index is 6.28. The van der Waals surface area contributed by atoms with E-state index in [4.69, 9.17) is 22.1 Å². The number of benzene rings is 1. The maximum atomic E-state index is 6.28. The fraction of sp³-hybridized carbons (Fsp3) is 0.267. The predicted octanol–water partition coefficient (Wildman–Crippen LogP) is 4.33. The van der Waals surface area contributed by atoms with Crippen LogP contribution in [-0.2, 0) is 0 Å². The lowest BCUT2D eigenvalue weighted by atomic mass is 10.0. The van der Waals surface area contributed by atoms with E-state index in [2.05, 4.69) is 27.8 Å². The van der Waals surface area contributed by atoms with Gasteiger partial charge in [-0.05, 0) is 45.6 Å². The summed E-state index contributed by atoms with van der Waals surface area (Å²) in [6, 6.07) is 7.29. The van der Waals surface area contributed by atoms with E-state index >= 15 is 0 Å². The van der Waals surface area contributed by atoms with E-state index in [1.165, 1.54) is 0 Å². The van der Waals surface area contributed by atoms with Gasteiger partial charge in [0, 0.05) is 10.7 Å². The normalized spacial score (nSPS) is 12.2. The molecule has 5 heteroatoms. The first kappa shape index (κ1) is 15.3. The highest BCUT2D eigenvalue weighted by atomic mass is 79.9. The molecular weight excluding hydrogens is 340 g/mol. The highest BCUT2D eigenvalue weighted by Crippen LogP contribution is 2.32. The van der Waals surface area contributed by atoms with Crippen LogP contribution in [0.25, 0.3) is 0 Å². The van der Waals surface area contributed by atoms with Crippen molar-refractivity contribution in [3.05, 3.63) is 57.3 Å². The topological polar surface area (TPSA) is 48.1 Å². The van der Waals surface area contributed by atoms with Gasteiger partial charge in [-0.25, -0.2) is 0 Å². The van der Waals surface area contributed by atoms with Gasteiger partial charge < -0.3 is 10.5 Å². The minimum absolute atomic E-state index is 0.335. The minimum atomic E-state index is -0.335. The number of rotatable bonds is 5. The maximum Gasteiger partial charge on any atom is 0.137 e. The van der Waals surface area contributed by atoms with Crippen LogP contribution in [0.1, 0.15) is 30.5 Å². The van der Waals surface area contributed by atoms with Crippen molar-refractivity contribution in [2.45, 2.75) is 19.4 Å². The summed E-state index contributed by atoms with van der Waals surface area (Å²) in [7, 11) is 0. The lowest BCUT2D eigenvalue weighted by Gasteiger charge is -2.15. The monoisotopic (exact) mass is 354 g/mol. The number of hydrogen-bond donors (Lipinski definition) is 1. The molecule has 0 saturated heterocycles. The highest BCUT2D eigenvalue weighted by molar-refractivity contribution is 9.10. The smallest absolute Gasteiger partial charge is 0.137 e. The van der Waals surface area contributed by atoms with Crippen LogP contribution in [0.3, 0.4) is 0 Å². The van der Waals surface area contributed by atoms with Crippen molar-refractivity contribution >= 4 is 27.5 Å². The molecular formula is C15H16BrClN2O. The molecule has 0 fully saturated rings. The summed E-state index contributed by atoms with van der Waals surface area (Å²) in [5.74, 6) is 0.728. The third-order valence-electron chi connectivity index (χ3n) is 2.88. The predicted molar refractivity (Wildman–Crippen MR) is 85.2 cm³/mol. The number of halogens is 2. The zero-order valence-corrected chi connectivity index (χ0v) is 13.5. The van der Waals surface area contributed by atoms with Crippen LogP contribution in [0.2, 0.25) is 5.02 Å². The molecule has 0 aliphatic carbocycles. The Hall–Kier alpha value is -1.10. The number of pyridine rings is 1. The van der Waals surface area contributed by atoms with E-state index in [0.717, 1.165) is 27.8 Å². The van der Waals surface area contributed by atoms with Crippen LogP contribution in [0.4, 0.5) is 0 Å².